The molecule has 2 rings (SSSR count). The van der Waals surface area contributed by atoms with Crippen molar-refractivity contribution in [2.24, 2.45) is 0 Å². The number of carbonyl (C=O) groups excluding carboxylic acids is 2. The third-order valence-electron chi connectivity index (χ3n) is 5.47. The quantitative estimate of drug-likeness (QED) is 0.166. The molecule has 10 heteroatoms. The van der Waals surface area contributed by atoms with Gasteiger partial charge in [0.05, 0.1) is 21.3 Å². The average molecular weight is 528 g/mol. The number of hydrogen-bond donors (Lipinski definition) is 5. The summed E-state index contributed by atoms with van der Waals surface area (Å²) in [6, 6.07) is 8.10. The van der Waals surface area contributed by atoms with Crippen LogP contribution in [0.5, 0.6) is 28.7 Å². The predicted octanol–water partition coefficient (Wildman–Crippen LogP) is 2.84. The first kappa shape index (κ1) is 30.0. The Bertz CT molecular complexity index is 1090. The zero-order chi connectivity index (χ0) is 27.8. The first-order valence-electron chi connectivity index (χ1n) is 12.3. The second-order valence-electron chi connectivity index (χ2n) is 8.26. The number of amides is 2. The number of nitrogens with one attached hydrogen (secondary N) is 3. The van der Waals surface area contributed by atoms with Crippen LogP contribution < -0.4 is 30.2 Å². The topological polar surface area (TPSA) is 138 Å². The second-order valence-corrected chi connectivity index (χ2v) is 8.26. The van der Waals surface area contributed by atoms with Crippen LogP contribution in [0.3, 0.4) is 0 Å². The molecule has 0 aliphatic heterocycles. The molecule has 0 heterocycles. The molecule has 0 unspecified atom stereocenters. The van der Waals surface area contributed by atoms with Crippen LogP contribution in [0.2, 0.25) is 0 Å². The summed E-state index contributed by atoms with van der Waals surface area (Å²) in [6.45, 7) is 2.69. The van der Waals surface area contributed by atoms with E-state index in [1.165, 1.54) is 39.5 Å². The van der Waals surface area contributed by atoms with Crippen molar-refractivity contribution >= 4 is 24.0 Å². The van der Waals surface area contributed by atoms with Gasteiger partial charge >= 0.3 is 0 Å². The van der Waals surface area contributed by atoms with Gasteiger partial charge in [0.1, 0.15) is 0 Å². The van der Waals surface area contributed by atoms with E-state index in [0.29, 0.717) is 24.4 Å². The molecule has 0 atom stereocenters. The average Bonchev–Trinajstić information content (AvgIpc) is 2.92. The Labute approximate surface area is 223 Å². The smallest absolute Gasteiger partial charge is 0.243 e. The van der Waals surface area contributed by atoms with Gasteiger partial charge in [0.15, 0.2) is 23.0 Å². The monoisotopic (exact) mass is 527 g/mol. The lowest BCUT2D eigenvalue weighted by Gasteiger charge is -2.09. The Hall–Kier alpha value is -4.18. The van der Waals surface area contributed by atoms with E-state index in [1.54, 1.807) is 36.4 Å². The Morgan fingerprint density at radius 3 is 1.82 bits per heavy atom. The summed E-state index contributed by atoms with van der Waals surface area (Å²) >= 11 is 0. The first-order chi connectivity index (χ1) is 18.4. The number of rotatable bonds is 16. The van der Waals surface area contributed by atoms with Crippen molar-refractivity contribution in [1.82, 2.24) is 16.0 Å². The molecule has 206 valence electrons. The van der Waals surface area contributed by atoms with E-state index >= 15 is 0 Å². The van der Waals surface area contributed by atoms with Gasteiger partial charge in [0.2, 0.25) is 17.6 Å². The van der Waals surface area contributed by atoms with E-state index in [4.69, 9.17) is 14.2 Å². The lowest BCUT2D eigenvalue weighted by Crippen LogP contribution is -2.27. The van der Waals surface area contributed by atoms with Gasteiger partial charge < -0.3 is 40.4 Å². The summed E-state index contributed by atoms with van der Waals surface area (Å²) in [5, 5.41) is 28.5. The minimum atomic E-state index is -0.217. The number of benzene rings is 2. The highest BCUT2D eigenvalue weighted by Crippen LogP contribution is 2.37. The number of methoxy groups -OCH3 is 3. The molecular weight excluding hydrogens is 490 g/mol. The fraction of sp³-hybridized carbons (Fsp3) is 0.357. The standard InChI is InChI=1S/C28H37N3O7/c1-36-23-17-20(7-10-22(23)32)8-11-26(33)30-15-5-4-13-29-14-6-16-31-27(34)12-9-21-18-24(37-2)28(35)25(19-21)38-3/h7-12,17-19,29,32,35H,4-6,13-16H2,1-3H3,(H,30,33)(H,31,34)/b11-8+,12-9+. The fourth-order valence-electron chi connectivity index (χ4n) is 3.41. The molecule has 2 aromatic carbocycles. The van der Waals surface area contributed by atoms with E-state index < -0.39 is 0 Å². The summed E-state index contributed by atoms with van der Waals surface area (Å²) in [6.07, 6.45) is 8.69. The van der Waals surface area contributed by atoms with E-state index in [-0.39, 0.29) is 34.8 Å². The molecule has 2 aromatic rings. The van der Waals surface area contributed by atoms with Crippen molar-refractivity contribution < 1.29 is 34.0 Å². The maximum Gasteiger partial charge on any atom is 0.243 e. The molecule has 0 fully saturated rings. The van der Waals surface area contributed by atoms with E-state index in [2.05, 4.69) is 16.0 Å². The summed E-state index contributed by atoms with van der Waals surface area (Å²) < 4.78 is 15.3. The predicted molar refractivity (Wildman–Crippen MR) is 147 cm³/mol. The Kier molecular flexibility index (Phi) is 13.1. The molecule has 0 aliphatic rings. The van der Waals surface area contributed by atoms with Crippen molar-refractivity contribution in [3.63, 3.8) is 0 Å². The van der Waals surface area contributed by atoms with Crippen molar-refractivity contribution in [1.29, 1.82) is 0 Å². The minimum Gasteiger partial charge on any atom is -0.504 e. The van der Waals surface area contributed by atoms with Crippen LogP contribution in [0, 0.1) is 0 Å². The van der Waals surface area contributed by atoms with Crippen LogP contribution in [-0.4, -0.2) is 69.5 Å². The van der Waals surface area contributed by atoms with Crippen LogP contribution >= 0.6 is 0 Å². The highest BCUT2D eigenvalue weighted by molar-refractivity contribution is 5.92. The van der Waals surface area contributed by atoms with Crippen LogP contribution in [0.15, 0.2) is 42.5 Å². The molecule has 38 heavy (non-hydrogen) atoms. The van der Waals surface area contributed by atoms with Gasteiger partial charge in [-0.25, -0.2) is 0 Å². The molecule has 0 bridgehead atoms. The highest BCUT2D eigenvalue weighted by atomic mass is 16.5. The van der Waals surface area contributed by atoms with Crippen LogP contribution in [0.1, 0.15) is 30.4 Å². The largest absolute Gasteiger partial charge is 0.504 e. The third kappa shape index (κ3) is 10.4. The summed E-state index contributed by atoms with van der Waals surface area (Å²) in [5.74, 6) is 0.449. The van der Waals surface area contributed by atoms with Gasteiger partial charge in [0, 0.05) is 25.2 Å². The van der Waals surface area contributed by atoms with Crippen LogP contribution in [-0.2, 0) is 9.59 Å². The minimum absolute atomic E-state index is 0.0509. The number of hydrogen-bond acceptors (Lipinski definition) is 8. The maximum atomic E-state index is 12.0. The molecule has 2 amide bonds. The van der Waals surface area contributed by atoms with Crippen molar-refractivity contribution in [2.45, 2.75) is 19.3 Å². The van der Waals surface area contributed by atoms with Gasteiger partial charge in [0.25, 0.3) is 0 Å². The summed E-state index contributed by atoms with van der Waals surface area (Å²) in [7, 11) is 4.36. The van der Waals surface area contributed by atoms with Gasteiger partial charge in [-0.05, 0) is 79.9 Å². The van der Waals surface area contributed by atoms with Crippen molar-refractivity contribution in [3.8, 4) is 28.7 Å². The number of phenols is 2. The first-order valence-corrected chi connectivity index (χ1v) is 12.3. The molecule has 0 aliphatic carbocycles. The van der Waals surface area contributed by atoms with Crippen molar-refractivity contribution in [2.75, 3.05) is 47.5 Å². The Balaban J connectivity index is 1.53. The zero-order valence-corrected chi connectivity index (χ0v) is 22.1. The molecule has 0 saturated heterocycles. The molecule has 0 radical (unpaired) electrons. The van der Waals surface area contributed by atoms with Gasteiger partial charge in [-0.3, -0.25) is 9.59 Å². The van der Waals surface area contributed by atoms with Gasteiger partial charge in [-0.1, -0.05) is 6.07 Å². The van der Waals surface area contributed by atoms with Gasteiger partial charge in [-0.2, -0.15) is 0 Å². The molecule has 0 aromatic heterocycles. The zero-order valence-electron chi connectivity index (χ0n) is 22.1. The van der Waals surface area contributed by atoms with Crippen LogP contribution in [0.4, 0.5) is 0 Å². The lowest BCUT2D eigenvalue weighted by molar-refractivity contribution is -0.117. The van der Waals surface area contributed by atoms with E-state index in [9.17, 15) is 19.8 Å². The highest BCUT2D eigenvalue weighted by Gasteiger charge is 2.10. The maximum absolute atomic E-state index is 12.0. The van der Waals surface area contributed by atoms with Crippen molar-refractivity contribution in [3.05, 3.63) is 53.6 Å². The Morgan fingerprint density at radius 1 is 0.711 bits per heavy atom. The lowest BCUT2D eigenvalue weighted by atomic mass is 10.1. The molecule has 5 N–H and O–H groups in total. The normalized spacial score (nSPS) is 11.0. The number of carbonyl (C=O) groups is 2. The second kappa shape index (κ2) is 16.5. The number of phenolic OH excluding ortho intramolecular Hbond substituents is 2. The SMILES string of the molecule is COc1cc(/C=C/C(=O)NCCCCNCCCNC(=O)/C=C/c2cc(OC)c(O)c(OC)c2)ccc1O. The third-order valence-corrected chi connectivity index (χ3v) is 5.47. The molecule has 0 saturated carbocycles. The summed E-state index contributed by atoms with van der Waals surface area (Å²) in [5.41, 5.74) is 1.42. The van der Waals surface area contributed by atoms with E-state index in [1.807, 2.05) is 0 Å². The summed E-state index contributed by atoms with van der Waals surface area (Å²) in [4.78, 5) is 24.0. The molecule has 0 spiro atoms. The van der Waals surface area contributed by atoms with Crippen LogP contribution in [0.25, 0.3) is 12.2 Å². The van der Waals surface area contributed by atoms with Gasteiger partial charge in [-0.15, -0.1) is 0 Å². The molecular formula is C28H37N3O7. The fourth-order valence-corrected chi connectivity index (χ4v) is 3.41. The van der Waals surface area contributed by atoms with E-state index in [0.717, 1.165) is 37.9 Å². The molecule has 10 nitrogen and oxygen atoms in total. The number of unbranched alkanes of at least 4 members (excludes halogenated alkanes) is 1. The Morgan fingerprint density at radius 2 is 1.21 bits per heavy atom. The number of aromatic hydroxyl groups is 2. The number of ether oxygens (including phenoxy) is 3.